The average molecular weight is 230 g/mol. The minimum atomic E-state index is -0.204. The molecule has 2 rings (SSSR count). The molecule has 0 radical (unpaired) electrons. The quantitative estimate of drug-likeness (QED) is 0.811. The number of benzene rings is 1. The number of hydrogen-bond donors (Lipinski definition) is 1. The first-order chi connectivity index (χ1) is 8.29. The molecule has 4 heteroatoms. The summed E-state index contributed by atoms with van der Waals surface area (Å²) in [6, 6.07) is 8.86. The Morgan fingerprint density at radius 1 is 1.41 bits per heavy atom. The van der Waals surface area contributed by atoms with Crippen LogP contribution in [0.3, 0.4) is 0 Å². The summed E-state index contributed by atoms with van der Waals surface area (Å²) >= 11 is 0. The second-order valence-corrected chi connectivity index (χ2v) is 4.20. The van der Waals surface area contributed by atoms with Crippen LogP contribution in [0.15, 0.2) is 24.3 Å². The molecule has 17 heavy (non-hydrogen) atoms. The number of nitrogens with zero attached hydrogens (tertiary/aromatic N) is 1. The fourth-order valence-corrected chi connectivity index (χ4v) is 2.01. The van der Waals surface area contributed by atoms with Crippen LogP contribution in [0.1, 0.15) is 31.2 Å². The maximum absolute atomic E-state index is 11.6. The zero-order valence-electron chi connectivity index (χ0n) is 9.48. The van der Waals surface area contributed by atoms with Gasteiger partial charge in [0.05, 0.1) is 23.2 Å². The van der Waals surface area contributed by atoms with Crippen LogP contribution in [0.4, 0.5) is 5.69 Å². The molecule has 0 heterocycles. The largest absolute Gasteiger partial charge is 0.343 e. The first-order valence-corrected chi connectivity index (χ1v) is 5.76. The summed E-state index contributed by atoms with van der Waals surface area (Å²) in [5.41, 5.74) is 3.75. The number of rotatable bonds is 3. The van der Waals surface area contributed by atoms with Gasteiger partial charge in [0.15, 0.2) is 0 Å². The zero-order valence-corrected chi connectivity index (χ0v) is 9.48. The normalized spacial score (nSPS) is 15.2. The Kier molecular flexibility index (Phi) is 3.61. The molecular weight excluding hydrogens is 216 g/mol. The van der Waals surface area contributed by atoms with E-state index in [1.165, 1.54) is 0 Å². The predicted octanol–water partition coefficient (Wildman–Crippen LogP) is 2.62. The third kappa shape index (κ3) is 2.97. The van der Waals surface area contributed by atoms with Gasteiger partial charge in [-0.25, -0.2) is 10.3 Å². The summed E-state index contributed by atoms with van der Waals surface area (Å²) in [6.45, 7) is 0. The smallest absolute Gasteiger partial charge is 0.335 e. The van der Waals surface area contributed by atoms with Crippen LogP contribution in [-0.4, -0.2) is 5.97 Å². The van der Waals surface area contributed by atoms with E-state index in [1.54, 1.807) is 24.3 Å². The molecule has 0 saturated heterocycles. The van der Waals surface area contributed by atoms with Gasteiger partial charge >= 0.3 is 5.97 Å². The molecular formula is C13H14N2O2. The molecule has 0 atom stereocenters. The second-order valence-electron chi connectivity index (χ2n) is 4.20. The zero-order chi connectivity index (χ0) is 12.1. The topological polar surface area (TPSA) is 62.1 Å². The Morgan fingerprint density at radius 2 is 2.18 bits per heavy atom. The molecule has 0 spiro atoms. The summed E-state index contributed by atoms with van der Waals surface area (Å²) < 4.78 is 0. The van der Waals surface area contributed by atoms with Crippen molar-refractivity contribution in [2.75, 3.05) is 5.48 Å². The van der Waals surface area contributed by atoms with E-state index < -0.39 is 0 Å². The van der Waals surface area contributed by atoms with Crippen molar-refractivity contribution in [2.45, 2.75) is 25.7 Å². The maximum atomic E-state index is 11.6. The Morgan fingerprint density at radius 3 is 2.88 bits per heavy atom. The first-order valence-electron chi connectivity index (χ1n) is 5.76. The lowest BCUT2D eigenvalue weighted by Gasteiger charge is -2.10. The van der Waals surface area contributed by atoms with Crippen LogP contribution in [-0.2, 0) is 9.63 Å². The van der Waals surface area contributed by atoms with E-state index in [2.05, 4.69) is 5.48 Å². The fourth-order valence-electron chi connectivity index (χ4n) is 2.01. The highest BCUT2D eigenvalue weighted by Gasteiger charge is 2.24. The van der Waals surface area contributed by atoms with E-state index in [1.807, 2.05) is 6.07 Å². The molecule has 1 saturated carbocycles. The molecule has 4 nitrogen and oxygen atoms in total. The highest BCUT2D eigenvalue weighted by molar-refractivity contribution is 5.73. The lowest BCUT2D eigenvalue weighted by Crippen LogP contribution is -2.18. The number of hydrogen-bond acceptors (Lipinski definition) is 4. The minimum absolute atomic E-state index is 0.0293. The molecule has 1 aromatic rings. The van der Waals surface area contributed by atoms with Gasteiger partial charge in [0.2, 0.25) is 0 Å². The Bertz CT molecular complexity index is 445. The van der Waals surface area contributed by atoms with Gasteiger partial charge in [0.1, 0.15) is 0 Å². The highest BCUT2D eigenvalue weighted by atomic mass is 16.7. The van der Waals surface area contributed by atoms with E-state index in [4.69, 9.17) is 10.1 Å². The van der Waals surface area contributed by atoms with E-state index in [9.17, 15) is 4.79 Å². The number of carbonyl (C=O) groups is 1. The summed E-state index contributed by atoms with van der Waals surface area (Å²) in [4.78, 5) is 16.6. The van der Waals surface area contributed by atoms with Crippen LogP contribution in [0, 0.1) is 17.2 Å². The van der Waals surface area contributed by atoms with Gasteiger partial charge < -0.3 is 4.84 Å². The molecule has 1 aliphatic carbocycles. The number of nitriles is 1. The van der Waals surface area contributed by atoms with E-state index in [-0.39, 0.29) is 11.9 Å². The van der Waals surface area contributed by atoms with Crippen molar-refractivity contribution >= 4 is 11.7 Å². The highest BCUT2D eigenvalue weighted by Crippen LogP contribution is 2.25. The van der Waals surface area contributed by atoms with E-state index in [0.29, 0.717) is 11.3 Å². The van der Waals surface area contributed by atoms with Crippen LogP contribution in [0.2, 0.25) is 0 Å². The summed E-state index contributed by atoms with van der Waals surface area (Å²) in [6.07, 6.45) is 4.03. The molecule has 0 unspecified atom stereocenters. The SMILES string of the molecule is N#Cc1cccc(NOC(=O)C2CCCC2)c1. The average Bonchev–Trinajstić information content (AvgIpc) is 2.90. The number of nitrogens with one attached hydrogen (secondary N) is 1. The minimum Gasteiger partial charge on any atom is -0.343 e. The summed E-state index contributed by atoms with van der Waals surface area (Å²) in [7, 11) is 0. The standard InChI is InChI=1S/C13H14N2O2/c14-9-10-4-3-7-12(8-10)15-17-13(16)11-5-1-2-6-11/h3-4,7-8,11,15H,1-2,5-6H2. The van der Waals surface area contributed by atoms with Crippen molar-refractivity contribution in [1.82, 2.24) is 0 Å². The van der Waals surface area contributed by atoms with Crippen molar-refractivity contribution in [1.29, 1.82) is 5.26 Å². The van der Waals surface area contributed by atoms with Crippen molar-refractivity contribution < 1.29 is 9.63 Å². The molecule has 0 amide bonds. The molecule has 1 aromatic carbocycles. The van der Waals surface area contributed by atoms with E-state index >= 15 is 0 Å². The number of carbonyl (C=O) groups excluding carboxylic acids is 1. The van der Waals surface area contributed by atoms with Gasteiger partial charge in [0, 0.05) is 0 Å². The second kappa shape index (κ2) is 5.35. The first kappa shape index (κ1) is 11.5. The van der Waals surface area contributed by atoms with Crippen molar-refractivity contribution in [3.63, 3.8) is 0 Å². The van der Waals surface area contributed by atoms with Crippen LogP contribution < -0.4 is 5.48 Å². The maximum Gasteiger partial charge on any atom is 0.335 e. The van der Waals surface area contributed by atoms with Crippen LogP contribution in [0.5, 0.6) is 0 Å². The van der Waals surface area contributed by atoms with Crippen molar-refractivity contribution in [2.24, 2.45) is 5.92 Å². The predicted molar refractivity (Wildman–Crippen MR) is 62.8 cm³/mol. The molecule has 1 fully saturated rings. The van der Waals surface area contributed by atoms with Crippen LogP contribution in [0.25, 0.3) is 0 Å². The van der Waals surface area contributed by atoms with Gasteiger partial charge in [-0.1, -0.05) is 18.9 Å². The molecule has 0 bridgehead atoms. The Hall–Kier alpha value is -2.02. The van der Waals surface area contributed by atoms with Gasteiger partial charge in [-0.15, -0.1) is 0 Å². The molecule has 1 aliphatic rings. The van der Waals surface area contributed by atoms with Crippen molar-refractivity contribution in [3.05, 3.63) is 29.8 Å². The molecule has 0 aromatic heterocycles. The van der Waals surface area contributed by atoms with Gasteiger partial charge in [0.25, 0.3) is 0 Å². The molecule has 1 N–H and O–H groups in total. The molecule has 88 valence electrons. The summed E-state index contributed by atoms with van der Waals surface area (Å²) in [5.74, 6) is -0.175. The van der Waals surface area contributed by atoms with E-state index in [0.717, 1.165) is 25.7 Å². The van der Waals surface area contributed by atoms with Gasteiger partial charge in [-0.05, 0) is 31.0 Å². The fraction of sp³-hybridized carbons (Fsp3) is 0.385. The third-order valence-electron chi connectivity index (χ3n) is 2.95. The third-order valence-corrected chi connectivity index (χ3v) is 2.95. The lowest BCUT2D eigenvalue weighted by atomic mass is 10.1. The summed E-state index contributed by atoms with van der Waals surface area (Å²) in [5, 5.41) is 8.73. The van der Waals surface area contributed by atoms with Gasteiger partial charge in [-0.2, -0.15) is 5.26 Å². The van der Waals surface area contributed by atoms with Crippen molar-refractivity contribution in [3.8, 4) is 6.07 Å². The van der Waals surface area contributed by atoms with Gasteiger partial charge in [-0.3, -0.25) is 0 Å². The molecule has 0 aliphatic heterocycles. The Labute approximate surface area is 100 Å². The van der Waals surface area contributed by atoms with Crippen LogP contribution >= 0.6 is 0 Å². The monoisotopic (exact) mass is 230 g/mol. The number of anilines is 1. The lowest BCUT2D eigenvalue weighted by molar-refractivity contribution is -0.145. The Balaban J connectivity index is 1.88.